The monoisotopic (exact) mass is 267 g/mol. The first-order valence-corrected chi connectivity index (χ1v) is 6.89. The molecule has 0 saturated carbocycles. The third kappa shape index (κ3) is 2.48. The third-order valence-corrected chi connectivity index (χ3v) is 3.72. The molecule has 94 valence electrons. The molecule has 0 amide bonds. The quantitative estimate of drug-likeness (QED) is 0.740. The van der Waals surface area contributed by atoms with Gasteiger partial charge in [0.25, 0.3) is 0 Å². The van der Waals surface area contributed by atoms with E-state index in [1.807, 2.05) is 41.9 Å². The summed E-state index contributed by atoms with van der Waals surface area (Å²) in [6.07, 6.45) is 4.38. The van der Waals surface area contributed by atoms with Crippen LogP contribution in [0.4, 0.5) is 5.69 Å². The second-order valence-corrected chi connectivity index (χ2v) is 5.11. The van der Waals surface area contributed by atoms with E-state index in [-0.39, 0.29) is 0 Å². The Balaban J connectivity index is 2.05. The molecule has 0 radical (unpaired) electrons. The molecule has 0 aliphatic rings. The second kappa shape index (κ2) is 5.20. The topological polar surface area (TPSA) is 51.8 Å². The summed E-state index contributed by atoms with van der Waals surface area (Å²) in [5.74, 6) is 0. The number of nitrogens with two attached hydrogens (primary N) is 1. The maximum Gasteiger partial charge on any atom is 0.125 e. The Morgan fingerprint density at radius 3 is 2.68 bits per heavy atom. The molecule has 0 unspecified atom stereocenters. The maximum absolute atomic E-state index is 6.11. The van der Waals surface area contributed by atoms with Gasteiger partial charge in [-0.2, -0.15) is 0 Å². The summed E-state index contributed by atoms with van der Waals surface area (Å²) in [7, 11) is 0. The Morgan fingerprint density at radius 1 is 1.00 bits per heavy atom. The molecule has 2 aromatic heterocycles. The zero-order chi connectivity index (χ0) is 13.1. The molecule has 0 aliphatic heterocycles. The van der Waals surface area contributed by atoms with Gasteiger partial charge in [-0.3, -0.25) is 4.98 Å². The third-order valence-electron chi connectivity index (χ3n) is 2.93. The average Bonchev–Trinajstić information content (AvgIpc) is 2.94. The fourth-order valence-electron chi connectivity index (χ4n) is 2.07. The van der Waals surface area contributed by atoms with Crippen molar-refractivity contribution in [2.45, 2.75) is 6.42 Å². The Morgan fingerprint density at radius 2 is 1.95 bits per heavy atom. The van der Waals surface area contributed by atoms with Crippen molar-refractivity contribution in [3.05, 3.63) is 65.4 Å². The minimum Gasteiger partial charge on any atom is -0.398 e. The van der Waals surface area contributed by atoms with Crippen LogP contribution in [0, 0.1) is 0 Å². The van der Waals surface area contributed by atoms with Crippen LogP contribution in [-0.4, -0.2) is 9.97 Å². The molecule has 1 aromatic carbocycles. The molecule has 19 heavy (non-hydrogen) atoms. The van der Waals surface area contributed by atoms with E-state index in [0.29, 0.717) is 0 Å². The van der Waals surface area contributed by atoms with E-state index in [0.717, 1.165) is 33.9 Å². The lowest BCUT2D eigenvalue weighted by Gasteiger charge is -2.09. The molecule has 3 aromatic rings. The number of benzene rings is 1. The van der Waals surface area contributed by atoms with Crippen LogP contribution in [0.25, 0.3) is 10.6 Å². The highest BCUT2D eigenvalue weighted by atomic mass is 32.1. The molecule has 0 aliphatic carbocycles. The van der Waals surface area contributed by atoms with Crippen molar-refractivity contribution < 1.29 is 0 Å². The van der Waals surface area contributed by atoms with Gasteiger partial charge >= 0.3 is 0 Å². The van der Waals surface area contributed by atoms with E-state index in [9.17, 15) is 0 Å². The smallest absolute Gasteiger partial charge is 0.125 e. The van der Waals surface area contributed by atoms with Gasteiger partial charge in [0.2, 0.25) is 0 Å². The number of hydrogen-bond donors (Lipinski definition) is 1. The molecule has 4 heteroatoms. The van der Waals surface area contributed by atoms with Gasteiger partial charge in [-0.15, -0.1) is 11.3 Å². The van der Waals surface area contributed by atoms with Crippen LogP contribution < -0.4 is 5.73 Å². The lowest BCUT2D eigenvalue weighted by Crippen LogP contribution is -1.98. The van der Waals surface area contributed by atoms with Crippen LogP contribution in [0.1, 0.15) is 11.3 Å². The largest absolute Gasteiger partial charge is 0.398 e. The van der Waals surface area contributed by atoms with Gasteiger partial charge < -0.3 is 5.73 Å². The van der Waals surface area contributed by atoms with Gasteiger partial charge in [-0.1, -0.05) is 18.2 Å². The van der Waals surface area contributed by atoms with Gasteiger partial charge in [0.05, 0.1) is 0 Å². The van der Waals surface area contributed by atoms with Crippen molar-refractivity contribution in [2.75, 3.05) is 5.73 Å². The Labute approximate surface area is 115 Å². The molecule has 0 spiro atoms. The van der Waals surface area contributed by atoms with E-state index < -0.39 is 0 Å². The molecule has 3 nitrogen and oxygen atoms in total. The Kier molecular flexibility index (Phi) is 3.25. The predicted molar refractivity (Wildman–Crippen MR) is 79.0 cm³/mol. The summed E-state index contributed by atoms with van der Waals surface area (Å²) in [5.41, 5.74) is 10.1. The Bertz CT molecular complexity index is 663. The summed E-state index contributed by atoms with van der Waals surface area (Å²) in [4.78, 5) is 8.74. The normalized spacial score (nSPS) is 10.5. The number of pyridine rings is 1. The maximum atomic E-state index is 6.11. The number of aromatic nitrogens is 2. The molecule has 0 fully saturated rings. The van der Waals surface area contributed by atoms with Crippen molar-refractivity contribution >= 4 is 17.0 Å². The zero-order valence-corrected chi connectivity index (χ0v) is 11.1. The van der Waals surface area contributed by atoms with E-state index in [1.165, 1.54) is 0 Å². The summed E-state index contributed by atoms with van der Waals surface area (Å²) in [6, 6.07) is 11.9. The van der Waals surface area contributed by atoms with Gasteiger partial charge in [-0.25, -0.2) is 4.98 Å². The van der Waals surface area contributed by atoms with Crippen LogP contribution in [0.5, 0.6) is 0 Å². The van der Waals surface area contributed by atoms with E-state index in [1.54, 1.807) is 17.5 Å². The molecule has 2 heterocycles. The fourth-order valence-corrected chi connectivity index (χ4v) is 2.81. The first-order valence-electron chi connectivity index (χ1n) is 6.02. The molecular formula is C15H13N3S. The minimum absolute atomic E-state index is 0.765. The van der Waals surface area contributed by atoms with E-state index in [2.05, 4.69) is 16.0 Å². The van der Waals surface area contributed by atoms with Crippen molar-refractivity contribution in [3.8, 4) is 10.6 Å². The zero-order valence-electron chi connectivity index (χ0n) is 10.3. The molecule has 0 saturated heterocycles. The highest BCUT2D eigenvalue weighted by Crippen LogP contribution is 2.32. The molecular weight excluding hydrogens is 254 g/mol. The average molecular weight is 267 g/mol. The van der Waals surface area contributed by atoms with Crippen molar-refractivity contribution in [2.24, 2.45) is 0 Å². The van der Waals surface area contributed by atoms with Crippen LogP contribution >= 0.6 is 11.3 Å². The van der Waals surface area contributed by atoms with Crippen molar-refractivity contribution in [3.63, 3.8) is 0 Å². The highest BCUT2D eigenvalue weighted by molar-refractivity contribution is 7.13. The molecule has 0 bridgehead atoms. The van der Waals surface area contributed by atoms with Crippen LogP contribution in [0.15, 0.2) is 54.2 Å². The van der Waals surface area contributed by atoms with Crippen molar-refractivity contribution in [1.29, 1.82) is 0 Å². The summed E-state index contributed by atoms with van der Waals surface area (Å²) >= 11 is 1.60. The molecule has 3 rings (SSSR count). The number of nitrogen functional groups attached to an aromatic ring is 1. The van der Waals surface area contributed by atoms with Gasteiger partial charge in [0.1, 0.15) is 5.01 Å². The van der Waals surface area contributed by atoms with Crippen LogP contribution in [0.3, 0.4) is 0 Å². The summed E-state index contributed by atoms with van der Waals surface area (Å²) in [6.45, 7) is 0. The van der Waals surface area contributed by atoms with Gasteiger partial charge in [-0.05, 0) is 23.8 Å². The van der Waals surface area contributed by atoms with Gasteiger partial charge in [0, 0.05) is 41.1 Å². The van der Waals surface area contributed by atoms with Crippen molar-refractivity contribution in [1.82, 2.24) is 9.97 Å². The summed E-state index contributed by atoms with van der Waals surface area (Å²) < 4.78 is 0. The minimum atomic E-state index is 0.765. The highest BCUT2D eigenvalue weighted by Gasteiger charge is 2.11. The number of anilines is 1. The first kappa shape index (κ1) is 11.9. The van der Waals surface area contributed by atoms with E-state index >= 15 is 0 Å². The Hall–Kier alpha value is -2.20. The second-order valence-electron chi connectivity index (χ2n) is 4.22. The van der Waals surface area contributed by atoms with Crippen LogP contribution in [0.2, 0.25) is 0 Å². The molecule has 2 N–H and O–H groups in total. The lowest BCUT2D eigenvalue weighted by atomic mass is 10.0. The number of hydrogen-bond acceptors (Lipinski definition) is 4. The lowest BCUT2D eigenvalue weighted by molar-refractivity contribution is 1.08. The predicted octanol–water partition coefficient (Wildman–Crippen LogP) is 3.38. The number of thiazole rings is 1. The standard InChI is InChI=1S/C15H13N3S/c16-13-6-3-4-11(10-12-5-1-2-7-17-12)14(13)15-18-8-9-19-15/h1-9H,10,16H2. The first-order chi connectivity index (χ1) is 9.34. The van der Waals surface area contributed by atoms with Gasteiger partial charge in [0.15, 0.2) is 0 Å². The number of rotatable bonds is 3. The van der Waals surface area contributed by atoms with E-state index in [4.69, 9.17) is 5.73 Å². The SMILES string of the molecule is Nc1cccc(Cc2ccccn2)c1-c1nccs1. The molecule has 0 atom stereocenters. The fraction of sp³-hybridized carbons (Fsp3) is 0.0667. The summed E-state index contributed by atoms with van der Waals surface area (Å²) in [5, 5.41) is 2.93. The number of nitrogens with zero attached hydrogens (tertiary/aromatic N) is 2. The van der Waals surface area contributed by atoms with Crippen LogP contribution in [-0.2, 0) is 6.42 Å².